The molecule has 1 aromatic carbocycles. The minimum atomic E-state index is -1.89. The maximum atomic E-state index is 13.5. The standard InChI is InChI=1S/C44H69BN12O17/c1-26(42(70)57-23-29(58)19-33(57)45(73)74)50-39(67)28-8-6-27(7-9-28)21-48-41(69)31(20-36(61)62)52-35(60)22-49-40(68)30(5-4-12-47-44(46)53(2)3)51-34(59)11-10-32(43(71)72)56-17-15-54(24-37(63)64)13-14-55(16-18-56)25-38(65)66/h6-9,26,29-33,58,73-74H,4-5,10-25H2,1-3H3,(H2,46,47)(H,48,69)(H,49,68)(H,50,67)(H,51,59)(H,52,60)(H,61,62)(H,63,64)(H,65,66)(H,71,72)/t26-,29+,30+,31+,32-,33+/m1/s1. The second-order valence-electron chi connectivity index (χ2n) is 18.1. The van der Waals surface area contributed by atoms with Crippen LogP contribution in [-0.2, 0) is 49.7 Å². The smallest absolute Gasteiger partial charge is 0.475 e. The zero-order valence-corrected chi connectivity index (χ0v) is 41.6. The van der Waals surface area contributed by atoms with E-state index in [4.69, 9.17) is 5.73 Å². The number of amides is 6. The van der Waals surface area contributed by atoms with Crippen LogP contribution in [-0.4, -0.2) is 255 Å². The molecule has 0 unspecified atom stereocenters. The molecule has 0 spiro atoms. The summed E-state index contributed by atoms with van der Waals surface area (Å²) in [4.78, 5) is 138. The first-order chi connectivity index (χ1) is 34.8. The highest BCUT2D eigenvalue weighted by atomic mass is 16.4. The summed E-state index contributed by atoms with van der Waals surface area (Å²) in [6.45, 7) is 0.581. The molecule has 6 atom stereocenters. The number of aliphatic imine (C=N–C) groups is 1. The van der Waals surface area contributed by atoms with Gasteiger partial charge in [-0.3, -0.25) is 67.6 Å². The van der Waals surface area contributed by atoms with Gasteiger partial charge in [-0.15, -0.1) is 0 Å². The topological polar surface area (TPSA) is 427 Å². The van der Waals surface area contributed by atoms with E-state index in [0.717, 1.165) is 4.90 Å². The van der Waals surface area contributed by atoms with E-state index in [1.807, 2.05) is 0 Å². The lowest BCUT2D eigenvalue weighted by molar-refractivity contribution is -0.145. The van der Waals surface area contributed by atoms with Gasteiger partial charge in [-0.1, -0.05) is 12.1 Å². The van der Waals surface area contributed by atoms with Crippen molar-refractivity contribution >= 4 is 72.4 Å². The minimum Gasteiger partial charge on any atom is -0.481 e. The number of hydrogen-bond donors (Lipinski definition) is 13. The second kappa shape index (κ2) is 30.3. The molecule has 29 nitrogen and oxygen atoms in total. The predicted molar refractivity (Wildman–Crippen MR) is 260 cm³/mol. The Morgan fingerprint density at radius 1 is 0.770 bits per heavy atom. The molecule has 14 N–H and O–H groups in total. The van der Waals surface area contributed by atoms with Crippen LogP contribution in [0.5, 0.6) is 0 Å². The van der Waals surface area contributed by atoms with Crippen LogP contribution in [0.4, 0.5) is 0 Å². The fourth-order valence-corrected chi connectivity index (χ4v) is 8.04. The van der Waals surface area contributed by atoms with E-state index in [1.54, 1.807) is 28.8 Å². The summed E-state index contributed by atoms with van der Waals surface area (Å²) in [5.41, 5.74) is 6.43. The van der Waals surface area contributed by atoms with Gasteiger partial charge in [0.2, 0.25) is 29.5 Å². The zero-order chi connectivity index (χ0) is 55.2. The number of hydrogen-bond acceptors (Lipinski definition) is 17. The average Bonchev–Trinajstić information content (AvgIpc) is 3.76. The number of carboxylic acids is 4. The fraction of sp³-hybridized carbons (Fsp3) is 0.614. The maximum Gasteiger partial charge on any atom is 0.475 e. The number of carboxylic acid groups (broad SMARTS) is 4. The lowest BCUT2D eigenvalue weighted by Crippen LogP contribution is -2.52. The summed E-state index contributed by atoms with van der Waals surface area (Å²) < 4.78 is 0. The van der Waals surface area contributed by atoms with Crippen molar-refractivity contribution in [1.82, 2.24) is 51.1 Å². The molecular formula is C44H69BN12O17. The van der Waals surface area contributed by atoms with Crippen molar-refractivity contribution in [2.24, 2.45) is 10.7 Å². The Balaban J connectivity index is 1.62. The summed E-state index contributed by atoms with van der Waals surface area (Å²) in [6, 6.07) is 0.429. The van der Waals surface area contributed by atoms with Gasteiger partial charge in [-0.05, 0) is 50.3 Å². The maximum absolute atomic E-state index is 13.5. The van der Waals surface area contributed by atoms with Gasteiger partial charge < -0.3 is 77.7 Å². The molecule has 2 fully saturated rings. The van der Waals surface area contributed by atoms with Crippen LogP contribution in [0.3, 0.4) is 0 Å². The fourth-order valence-electron chi connectivity index (χ4n) is 8.04. The summed E-state index contributed by atoms with van der Waals surface area (Å²) in [7, 11) is 1.43. The average molecular weight is 1050 g/mol. The van der Waals surface area contributed by atoms with Crippen molar-refractivity contribution in [1.29, 1.82) is 0 Å². The third kappa shape index (κ3) is 21.2. The molecule has 0 radical (unpaired) electrons. The number of rotatable bonds is 27. The Labute approximate surface area is 426 Å². The van der Waals surface area contributed by atoms with Crippen LogP contribution < -0.4 is 32.3 Å². The molecule has 0 aliphatic carbocycles. The van der Waals surface area contributed by atoms with E-state index in [0.29, 0.717) is 5.56 Å². The molecule has 1 aromatic rings. The van der Waals surface area contributed by atoms with Crippen LogP contribution in [0, 0.1) is 0 Å². The molecule has 2 aliphatic heterocycles. The van der Waals surface area contributed by atoms with Gasteiger partial charge in [0.05, 0.1) is 38.1 Å². The molecule has 2 saturated heterocycles. The van der Waals surface area contributed by atoms with E-state index < -0.39 is 122 Å². The highest BCUT2D eigenvalue weighted by Crippen LogP contribution is 2.20. The second-order valence-corrected chi connectivity index (χ2v) is 18.1. The monoisotopic (exact) mass is 1050 g/mol. The van der Waals surface area contributed by atoms with E-state index in [-0.39, 0.29) is 109 Å². The van der Waals surface area contributed by atoms with E-state index in [2.05, 4.69) is 31.6 Å². The number of aliphatic hydroxyl groups is 1. The molecule has 74 heavy (non-hydrogen) atoms. The van der Waals surface area contributed by atoms with Crippen molar-refractivity contribution in [3.05, 3.63) is 35.4 Å². The van der Waals surface area contributed by atoms with Crippen molar-refractivity contribution < 1.29 is 83.5 Å². The van der Waals surface area contributed by atoms with E-state index >= 15 is 0 Å². The Kier molecular flexibility index (Phi) is 25.1. The van der Waals surface area contributed by atoms with Crippen LogP contribution in [0.25, 0.3) is 0 Å². The Morgan fingerprint density at radius 3 is 1.88 bits per heavy atom. The van der Waals surface area contributed by atoms with Gasteiger partial charge in [-0.2, -0.15) is 0 Å². The number of guanidine groups is 1. The predicted octanol–water partition coefficient (Wildman–Crippen LogP) is -6.07. The molecular weight excluding hydrogens is 979 g/mol. The third-order valence-electron chi connectivity index (χ3n) is 12.1. The summed E-state index contributed by atoms with van der Waals surface area (Å²) in [5.74, 6) is -10.6. The van der Waals surface area contributed by atoms with Gasteiger partial charge in [0.1, 0.15) is 24.2 Å². The first kappa shape index (κ1) is 61.3. The Bertz CT molecular complexity index is 2140. The molecule has 2 heterocycles. The summed E-state index contributed by atoms with van der Waals surface area (Å²) >= 11 is 0. The van der Waals surface area contributed by atoms with Crippen LogP contribution in [0.2, 0.25) is 0 Å². The number of nitrogens with zero attached hydrogens (tertiary/aromatic N) is 6. The quantitative estimate of drug-likeness (QED) is 0.0169. The first-order valence-electron chi connectivity index (χ1n) is 23.8. The van der Waals surface area contributed by atoms with Gasteiger partial charge in [0.25, 0.3) is 5.91 Å². The number of carbonyl (C=O) groups excluding carboxylic acids is 6. The number of benzene rings is 1. The molecule has 3 rings (SSSR count). The largest absolute Gasteiger partial charge is 0.481 e. The van der Waals surface area contributed by atoms with Crippen molar-refractivity contribution in [3.63, 3.8) is 0 Å². The number of nitrogens with one attached hydrogen (secondary N) is 5. The molecule has 410 valence electrons. The summed E-state index contributed by atoms with van der Waals surface area (Å²) in [5, 5.41) is 79.9. The lowest BCUT2D eigenvalue weighted by atomic mass is 9.77. The van der Waals surface area contributed by atoms with Gasteiger partial charge in [0, 0.05) is 85.0 Å². The number of β-amino-alcohol motifs (C(OH)–C–C–N with tert-alkyl or cyclic N) is 1. The van der Waals surface area contributed by atoms with E-state index in [9.17, 15) is 83.5 Å². The number of nitrogens with two attached hydrogens (primary N) is 1. The number of aliphatic carboxylic acids is 4. The highest BCUT2D eigenvalue weighted by molar-refractivity contribution is 6.43. The molecule has 0 bridgehead atoms. The highest BCUT2D eigenvalue weighted by Gasteiger charge is 2.42. The Hall–Kier alpha value is -6.99. The number of likely N-dealkylation sites (tertiary alicyclic amines) is 1. The summed E-state index contributed by atoms with van der Waals surface area (Å²) in [6.07, 6.45) is -2.37. The number of aliphatic hydroxyl groups excluding tert-OH is 1. The van der Waals surface area contributed by atoms with Crippen molar-refractivity contribution in [2.75, 3.05) is 86.1 Å². The SMILES string of the molecule is C[C@@H](NC(=O)c1ccc(CNC(=O)[C@H](CC(=O)O)NC(=O)CNC(=O)[C@H](CCCN=C(N)N(C)C)NC(=O)CC[C@H](C(=O)O)N2CCN(CC(=O)O)CCN(CC(=O)O)CC2)cc1)C(=O)N1C[C@@H](O)C[C@H]1B(O)O. The minimum absolute atomic E-state index is 0.0344. The van der Waals surface area contributed by atoms with Crippen molar-refractivity contribution in [3.8, 4) is 0 Å². The molecule has 6 amide bonds. The van der Waals surface area contributed by atoms with Gasteiger partial charge in [0.15, 0.2) is 5.96 Å². The van der Waals surface area contributed by atoms with Crippen LogP contribution in [0.15, 0.2) is 29.3 Å². The third-order valence-corrected chi connectivity index (χ3v) is 12.1. The molecule has 0 aromatic heterocycles. The number of carbonyl (C=O) groups is 10. The van der Waals surface area contributed by atoms with Gasteiger partial charge in [-0.25, -0.2) is 0 Å². The normalized spacial score (nSPS) is 18.5. The van der Waals surface area contributed by atoms with Crippen LogP contribution in [0.1, 0.15) is 61.4 Å². The van der Waals surface area contributed by atoms with Crippen molar-refractivity contribution in [2.45, 2.75) is 88.2 Å². The molecule has 0 saturated carbocycles. The van der Waals surface area contributed by atoms with Crippen LogP contribution >= 0.6 is 0 Å². The zero-order valence-electron chi connectivity index (χ0n) is 41.6. The van der Waals surface area contributed by atoms with Gasteiger partial charge >= 0.3 is 31.0 Å². The Morgan fingerprint density at radius 2 is 1.34 bits per heavy atom. The first-order valence-corrected chi connectivity index (χ1v) is 23.8. The molecule has 2 aliphatic rings. The lowest BCUT2D eigenvalue weighted by Gasteiger charge is -2.30. The molecule has 30 heteroatoms. The van der Waals surface area contributed by atoms with E-state index in [1.165, 1.54) is 36.1 Å².